The van der Waals surface area contributed by atoms with Gasteiger partial charge < -0.3 is 11.1 Å². The first kappa shape index (κ1) is 15.1. The van der Waals surface area contributed by atoms with Crippen LogP contribution in [0.5, 0.6) is 0 Å². The lowest BCUT2D eigenvalue weighted by Gasteiger charge is -2.27. The quantitative estimate of drug-likeness (QED) is 0.843. The first-order chi connectivity index (χ1) is 9.38. The summed E-state index contributed by atoms with van der Waals surface area (Å²) in [6.07, 6.45) is 1.14. The molecule has 1 aliphatic rings. The van der Waals surface area contributed by atoms with Crippen molar-refractivity contribution in [1.82, 2.24) is 4.90 Å². The van der Waals surface area contributed by atoms with Gasteiger partial charge in [-0.25, -0.2) is 0 Å². The molecular weight excluding hydrogens is 274 g/mol. The Morgan fingerprint density at radius 1 is 1.50 bits per heavy atom. The van der Waals surface area contributed by atoms with Crippen LogP contribution in [0.25, 0.3) is 0 Å². The Bertz CT molecular complexity index is 506. The molecule has 0 spiro atoms. The molecule has 1 fully saturated rings. The highest BCUT2D eigenvalue weighted by molar-refractivity contribution is 6.31. The fraction of sp³-hybridized carbons (Fsp3) is 0.533. The first-order valence-corrected chi connectivity index (χ1v) is 7.38. The van der Waals surface area contributed by atoms with E-state index in [9.17, 15) is 4.79 Å². The number of rotatable bonds is 3. The average Bonchev–Trinajstić information content (AvgIpc) is 2.71. The second-order valence-electron chi connectivity index (χ2n) is 5.78. The summed E-state index contributed by atoms with van der Waals surface area (Å²) in [4.78, 5) is 14.6. The minimum Gasteiger partial charge on any atom is -0.397 e. The molecule has 5 heteroatoms. The van der Waals surface area contributed by atoms with Crippen LogP contribution in [-0.2, 0) is 4.79 Å². The Morgan fingerprint density at radius 2 is 2.20 bits per heavy atom. The molecule has 1 aromatic carbocycles. The third-order valence-corrected chi connectivity index (χ3v) is 4.22. The van der Waals surface area contributed by atoms with Crippen molar-refractivity contribution >= 4 is 28.9 Å². The number of nitrogens with two attached hydrogens (primary N) is 1. The van der Waals surface area contributed by atoms with E-state index in [-0.39, 0.29) is 11.9 Å². The van der Waals surface area contributed by atoms with Crippen molar-refractivity contribution in [3.8, 4) is 0 Å². The van der Waals surface area contributed by atoms with E-state index >= 15 is 0 Å². The molecular formula is C15H22ClN3O. The molecule has 0 saturated carbocycles. The predicted molar refractivity (Wildman–Crippen MR) is 83.9 cm³/mol. The molecule has 0 radical (unpaired) electrons. The van der Waals surface area contributed by atoms with Crippen LogP contribution >= 0.6 is 11.6 Å². The normalized spacial score (nSPS) is 24.6. The van der Waals surface area contributed by atoms with Crippen LogP contribution in [0.3, 0.4) is 0 Å². The number of hydrogen-bond acceptors (Lipinski definition) is 3. The number of carbonyl (C=O) groups is 1. The number of likely N-dealkylation sites (tertiary alicyclic amines) is 1. The van der Waals surface area contributed by atoms with Crippen LogP contribution in [0.4, 0.5) is 11.4 Å². The molecule has 2 rings (SSSR count). The Hall–Kier alpha value is -1.26. The average molecular weight is 296 g/mol. The zero-order chi connectivity index (χ0) is 14.9. The van der Waals surface area contributed by atoms with E-state index in [4.69, 9.17) is 17.3 Å². The van der Waals surface area contributed by atoms with Crippen LogP contribution in [0.1, 0.15) is 27.2 Å². The van der Waals surface area contributed by atoms with E-state index in [0.717, 1.165) is 13.0 Å². The van der Waals surface area contributed by atoms with Crippen molar-refractivity contribution in [1.29, 1.82) is 0 Å². The second-order valence-corrected chi connectivity index (χ2v) is 6.22. The smallest absolute Gasteiger partial charge is 0.241 e. The summed E-state index contributed by atoms with van der Waals surface area (Å²) in [7, 11) is 0. The van der Waals surface area contributed by atoms with E-state index < -0.39 is 0 Å². The van der Waals surface area contributed by atoms with Crippen LogP contribution in [0.2, 0.25) is 5.02 Å². The molecule has 20 heavy (non-hydrogen) atoms. The SMILES string of the molecule is CC1CC(C)N(C(C)C(=O)Nc2ccc(Cl)cc2N)C1. The number of halogens is 1. The van der Waals surface area contributed by atoms with Gasteiger partial charge in [0.1, 0.15) is 0 Å². The highest BCUT2D eigenvalue weighted by atomic mass is 35.5. The van der Waals surface area contributed by atoms with Crippen molar-refractivity contribution in [2.75, 3.05) is 17.6 Å². The van der Waals surface area contributed by atoms with Crippen LogP contribution in [0.15, 0.2) is 18.2 Å². The van der Waals surface area contributed by atoms with Crippen LogP contribution in [-0.4, -0.2) is 29.4 Å². The fourth-order valence-electron chi connectivity index (χ4n) is 2.91. The van der Waals surface area contributed by atoms with Crippen LogP contribution in [0, 0.1) is 5.92 Å². The standard InChI is InChI=1S/C15H22ClN3O/c1-9-6-10(2)19(8-9)11(3)15(20)18-14-5-4-12(16)7-13(14)17/h4-5,7,9-11H,6,8,17H2,1-3H3,(H,18,20). The lowest BCUT2D eigenvalue weighted by Crippen LogP contribution is -2.43. The zero-order valence-corrected chi connectivity index (χ0v) is 12.9. The van der Waals surface area contributed by atoms with Gasteiger partial charge in [-0.1, -0.05) is 18.5 Å². The van der Waals surface area contributed by atoms with Gasteiger partial charge in [0.05, 0.1) is 17.4 Å². The summed E-state index contributed by atoms with van der Waals surface area (Å²) in [5.74, 6) is 0.612. The number of amides is 1. The van der Waals surface area contributed by atoms with E-state index in [1.54, 1.807) is 18.2 Å². The molecule has 3 N–H and O–H groups in total. The highest BCUT2D eigenvalue weighted by Gasteiger charge is 2.32. The third kappa shape index (κ3) is 3.25. The van der Waals surface area contributed by atoms with Gasteiger partial charge in [-0.2, -0.15) is 0 Å². The zero-order valence-electron chi connectivity index (χ0n) is 12.2. The van der Waals surface area contributed by atoms with Gasteiger partial charge >= 0.3 is 0 Å². The van der Waals surface area contributed by atoms with Gasteiger partial charge in [0.25, 0.3) is 0 Å². The largest absolute Gasteiger partial charge is 0.397 e. The topological polar surface area (TPSA) is 58.4 Å². The van der Waals surface area contributed by atoms with Gasteiger partial charge in [-0.05, 0) is 44.4 Å². The minimum absolute atomic E-state index is 0.0278. The van der Waals surface area contributed by atoms with Crippen molar-refractivity contribution in [3.05, 3.63) is 23.2 Å². The molecule has 1 aliphatic heterocycles. The molecule has 1 aromatic rings. The van der Waals surface area contributed by atoms with E-state index in [1.807, 2.05) is 6.92 Å². The van der Waals surface area contributed by atoms with E-state index in [1.165, 1.54) is 0 Å². The van der Waals surface area contributed by atoms with Crippen molar-refractivity contribution < 1.29 is 4.79 Å². The molecule has 1 amide bonds. The van der Waals surface area contributed by atoms with Crippen LogP contribution < -0.4 is 11.1 Å². The fourth-order valence-corrected chi connectivity index (χ4v) is 3.09. The summed E-state index contributed by atoms with van der Waals surface area (Å²) in [6, 6.07) is 5.37. The number of nitrogens with one attached hydrogen (secondary N) is 1. The minimum atomic E-state index is -0.162. The summed E-state index contributed by atoms with van der Waals surface area (Å²) >= 11 is 5.85. The van der Waals surface area contributed by atoms with Crippen molar-refractivity contribution in [2.45, 2.75) is 39.3 Å². The van der Waals surface area contributed by atoms with Gasteiger partial charge in [0.2, 0.25) is 5.91 Å². The first-order valence-electron chi connectivity index (χ1n) is 7.00. The molecule has 1 heterocycles. The van der Waals surface area contributed by atoms with Gasteiger partial charge in [-0.15, -0.1) is 0 Å². The van der Waals surface area contributed by atoms with Crippen molar-refractivity contribution in [2.24, 2.45) is 5.92 Å². The molecule has 0 aromatic heterocycles. The number of anilines is 2. The second kappa shape index (κ2) is 6.02. The number of nitrogens with zero attached hydrogens (tertiary/aromatic N) is 1. The molecule has 3 atom stereocenters. The molecule has 1 saturated heterocycles. The lowest BCUT2D eigenvalue weighted by atomic mass is 10.1. The summed E-state index contributed by atoms with van der Waals surface area (Å²) in [5.41, 5.74) is 6.96. The Morgan fingerprint density at radius 3 is 2.75 bits per heavy atom. The predicted octanol–water partition coefficient (Wildman–Crippen LogP) is 2.98. The molecule has 3 unspecified atom stereocenters. The molecule has 0 bridgehead atoms. The maximum Gasteiger partial charge on any atom is 0.241 e. The summed E-state index contributed by atoms with van der Waals surface area (Å²) in [5, 5.41) is 3.45. The maximum atomic E-state index is 12.3. The van der Waals surface area contributed by atoms with Crippen molar-refractivity contribution in [3.63, 3.8) is 0 Å². The van der Waals surface area contributed by atoms with E-state index in [0.29, 0.717) is 28.4 Å². The summed E-state index contributed by atoms with van der Waals surface area (Å²) < 4.78 is 0. The number of benzene rings is 1. The van der Waals surface area contributed by atoms with Gasteiger partial charge in [-0.3, -0.25) is 9.69 Å². The lowest BCUT2D eigenvalue weighted by molar-refractivity contribution is -0.121. The third-order valence-electron chi connectivity index (χ3n) is 3.98. The molecule has 4 nitrogen and oxygen atoms in total. The number of hydrogen-bond donors (Lipinski definition) is 2. The molecule has 110 valence electrons. The van der Waals surface area contributed by atoms with Gasteiger partial charge in [0, 0.05) is 17.6 Å². The number of carbonyl (C=O) groups excluding carboxylic acids is 1. The summed E-state index contributed by atoms with van der Waals surface area (Å²) in [6.45, 7) is 7.30. The van der Waals surface area contributed by atoms with E-state index in [2.05, 4.69) is 24.1 Å². The highest BCUT2D eigenvalue weighted by Crippen LogP contribution is 2.26. The molecule has 0 aliphatic carbocycles. The number of nitrogen functional groups attached to an aromatic ring is 1. The van der Waals surface area contributed by atoms with Gasteiger partial charge in [0.15, 0.2) is 0 Å². The maximum absolute atomic E-state index is 12.3. The monoisotopic (exact) mass is 295 g/mol. The Kier molecular flexibility index (Phi) is 4.55. The Balaban J connectivity index is 2.04. The Labute approximate surface area is 125 Å².